The van der Waals surface area contributed by atoms with E-state index in [1.54, 1.807) is 0 Å². The fourth-order valence-corrected chi connectivity index (χ4v) is 2.01. The Morgan fingerprint density at radius 2 is 2.22 bits per heavy atom. The second-order valence-electron chi connectivity index (χ2n) is 4.68. The van der Waals surface area contributed by atoms with Crippen molar-refractivity contribution in [3.05, 3.63) is 39.7 Å². The minimum atomic E-state index is -0.805. The lowest BCUT2D eigenvalue weighted by molar-refractivity contribution is -0.387. The number of hydrogen-bond donors (Lipinski definition) is 0. The number of hydrogen-bond acceptors (Lipinski definition) is 3. The summed E-state index contributed by atoms with van der Waals surface area (Å²) in [5.41, 5.74) is 0.139. The Morgan fingerprint density at radius 3 is 2.78 bits per heavy atom. The summed E-state index contributed by atoms with van der Waals surface area (Å²) in [5, 5.41) is 10.4. The van der Waals surface area contributed by atoms with Gasteiger partial charge >= 0.3 is 5.69 Å². The van der Waals surface area contributed by atoms with Gasteiger partial charge in [0.05, 0.1) is 11.5 Å². The van der Waals surface area contributed by atoms with Crippen LogP contribution < -0.4 is 0 Å². The maximum absolute atomic E-state index is 13.3. The van der Waals surface area contributed by atoms with Gasteiger partial charge in [-0.25, -0.2) is 0 Å². The minimum Gasteiger partial charge on any atom is -0.377 e. The highest BCUT2D eigenvalue weighted by atomic mass is 19.1. The third-order valence-electron chi connectivity index (χ3n) is 3.37. The fraction of sp³-hybridized carbons (Fsp3) is 0.538. The number of rotatable bonds is 6. The average molecular weight is 253 g/mol. The van der Waals surface area contributed by atoms with E-state index in [4.69, 9.17) is 4.74 Å². The molecule has 1 aliphatic carbocycles. The van der Waals surface area contributed by atoms with Crippen LogP contribution in [0.1, 0.15) is 31.2 Å². The summed E-state index contributed by atoms with van der Waals surface area (Å²) in [7, 11) is 0. The molecule has 4 nitrogen and oxygen atoms in total. The van der Waals surface area contributed by atoms with Crippen LogP contribution in [0.15, 0.2) is 18.2 Å². The highest BCUT2D eigenvalue weighted by molar-refractivity contribution is 5.34. The first-order valence-electron chi connectivity index (χ1n) is 6.17. The Hall–Kier alpha value is -1.49. The lowest BCUT2D eigenvalue weighted by atomic mass is 9.83. The van der Waals surface area contributed by atoms with Crippen molar-refractivity contribution >= 4 is 5.69 Å². The van der Waals surface area contributed by atoms with Gasteiger partial charge in [-0.2, -0.15) is 4.39 Å². The molecule has 98 valence electrons. The van der Waals surface area contributed by atoms with Crippen LogP contribution in [0.25, 0.3) is 0 Å². The topological polar surface area (TPSA) is 52.4 Å². The zero-order valence-corrected chi connectivity index (χ0v) is 10.1. The number of ether oxygens (including phenoxy) is 1. The molecular weight excluding hydrogens is 237 g/mol. The Labute approximate surface area is 105 Å². The summed E-state index contributed by atoms with van der Waals surface area (Å²) in [6.07, 6.45) is 4.94. The van der Waals surface area contributed by atoms with Crippen molar-refractivity contribution in [3.8, 4) is 0 Å². The molecule has 0 saturated heterocycles. The van der Waals surface area contributed by atoms with Crippen molar-refractivity contribution in [2.45, 2.75) is 32.3 Å². The molecule has 0 unspecified atom stereocenters. The van der Waals surface area contributed by atoms with E-state index in [2.05, 4.69) is 0 Å². The van der Waals surface area contributed by atoms with Crippen LogP contribution in [0.3, 0.4) is 0 Å². The first-order valence-corrected chi connectivity index (χ1v) is 6.17. The summed E-state index contributed by atoms with van der Waals surface area (Å²) in [4.78, 5) is 9.72. The number of halogens is 1. The smallest absolute Gasteiger partial charge is 0.304 e. The number of nitro groups is 1. The molecule has 0 heterocycles. The van der Waals surface area contributed by atoms with E-state index in [1.807, 2.05) is 0 Å². The van der Waals surface area contributed by atoms with E-state index >= 15 is 0 Å². The van der Waals surface area contributed by atoms with Crippen LogP contribution >= 0.6 is 0 Å². The SMILES string of the molecule is O=[N+]([O-])c1ccc(COCCC2CCC2)cc1F. The van der Waals surface area contributed by atoms with Gasteiger partial charge in [-0.3, -0.25) is 10.1 Å². The first-order chi connectivity index (χ1) is 8.66. The van der Waals surface area contributed by atoms with Crippen LogP contribution in [-0.4, -0.2) is 11.5 Å². The normalized spacial score (nSPS) is 15.4. The Bertz CT molecular complexity index is 432. The molecule has 1 saturated carbocycles. The van der Waals surface area contributed by atoms with Gasteiger partial charge in [-0.15, -0.1) is 0 Å². The fourth-order valence-electron chi connectivity index (χ4n) is 2.01. The van der Waals surface area contributed by atoms with E-state index in [9.17, 15) is 14.5 Å². The summed E-state index contributed by atoms with van der Waals surface area (Å²) in [6.45, 7) is 0.977. The molecule has 0 spiro atoms. The third-order valence-corrected chi connectivity index (χ3v) is 3.37. The monoisotopic (exact) mass is 253 g/mol. The van der Waals surface area contributed by atoms with Gasteiger partial charge in [0.15, 0.2) is 0 Å². The minimum absolute atomic E-state index is 0.307. The molecule has 0 amide bonds. The second kappa shape index (κ2) is 5.91. The Morgan fingerprint density at radius 1 is 1.44 bits per heavy atom. The summed E-state index contributed by atoms with van der Waals surface area (Å²) in [5.74, 6) is -0.0151. The highest BCUT2D eigenvalue weighted by Gasteiger charge is 2.17. The molecule has 0 aromatic heterocycles. The molecule has 1 aromatic carbocycles. The van der Waals surface area contributed by atoms with Gasteiger partial charge < -0.3 is 4.74 Å². The lowest BCUT2D eigenvalue weighted by Crippen LogP contribution is -2.13. The molecule has 5 heteroatoms. The van der Waals surface area contributed by atoms with E-state index in [-0.39, 0.29) is 0 Å². The van der Waals surface area contributed by atoms with Crippen molar-refractivity contribution in [2.75, 3.05) is 6.61 Å². The molecule has 18 heavy (non-hydrogen) atoms. The van der Waals surface area contributed by atoms with Crippen LogP contribution in [0, 0.1) is 21.8 Å². The molecule has 1 aromatic rings. The summed E-state index contributed by atoms with van der Waals surface area (Å²) >= 11 is 0. The predicted octanol–water partition coefficient (Wildman–Crippen LogP) is 3.44. The predicted molar refractivity (Wildman–Crippen MR) is 64.7 cm³/mol. The molecule has 0 N–H and O–H groups in total. The molecule has 0 radical (unpaired) electrons. The molecule has 1 fully saturated rings. The number of nitrogens with zero attached hydrogens (tertiary/aromatic N) is 1. The van der Waals surface area contributed by atoms with Crippen LogP contribution in [0.5, 0.6) is 0 Å². The highest BCUT2D eigenvalue weighted by Crippen LogP contribution is 2.29. The molecule has 1 aliphatic rings. The molecule has 0 atom stereocenters. The number of benzene rings is 1. The van der Waals surface area contributed by atoms with Crippen molar-refractivity contribution < 1.29 is 14.1 Å². The standard InChI is InChI=1S/C13H16FNO3/c14-12-8-11(4-5-13(12)15(16)17)9-18-7-6-10-2-1-3-10/h4-5,8,10H,1-3,6-7,9H2. The summed E-state index contributed by atoms with van der Waals surface area (Å²) < 4.78 is 18.7. The van der Waals surface area contributed by atoms with Gasteiger partial charge in [-0.1, -0.05) is 19.3 Å². The van der Waals surface area contributed by atoms with Gasteiger partial charge in [-0.05, 0) is 30.0 Å². The van der Waals surface area contributed by atoms with E-state index < -0.39 is 16.4 Å². The Kier molecular flexibility index (Phi) is 4.25. The zero-order valence-electron chi connectivity index (χ0n) is 10.1. The molecule has 0 aliphatic heterocycles. The largest absolute Gasteiger partial charge is 0.377 e. The van der Waals surface area contributed by atoms with Crippen molar-refractivity contribution in [1.29, 1.82) is 0 Å². The molecular formula is C13H16FNO3. The van der Waals surface area contributed by atoms with Crippen molar-refractivity contribution in [2.24, 2.45) is 5.92 Å². The lowest BCUT2D eigenvalue weighted by Gasteiger charge is -2.24. The Balaban J connectivity index is 1.78. The zero-order chi connectivity index (χ0) is 13.0. The van der Waals surface area contributed by atoms with Crippen LogP contribution in [-0.2, 0) is 11.3 Å². The van der Waals surface area contributed by atoms with E-state index in [1.165, 1.54) is 37.5 Å². The quantitative estimate of drug-likeness (QED) is 0.443. The molecule has 2 rings (SSSR count). The first kappa shape index (κ1) is 13.0. The van der Waals surface area contributed by atoms with Crippen LogP contribution in [0.2, 0.25) is 0 Å². The second-order valence-corrected chi connectivity index (χ2v) is 4.68. The summed E-state index contributed by atoms with van der Waals surface area (Å²) in [6, 6.07) is 3.88. The number of nitro benzene ring substituents is 1. The van der Waals surface area contributed by atoms with Crippen LogP contribution in [0.4, 0.5) is 10.1 Å². The van der Waals surface area contributed by atoms with E-state index in [0.29, 0.717) is 18.8 Å². The third kappa shape index (κ3) is 3.26. The van der Waals surface area contributed by atoms with Gasteiger partial charge in [0.25, 0.3) is 0 Å². The average Bonchev–Trinajstić information content (AvgIpc) is 2.26. The van der Waals surface area contributed by atoms with Gasteiger partial charge in [0.1, 0.15) is 0 Å². The van der Waals surface area contributed by atoms with Gasteiger partial charge in [0, 0.05) is 12.7 Å². The van der Waals surface area contributed by atoms with Crippen molar-refractivity contribution in [1.82, 2.24) is 0 Å². The van der Waals surface area contributed by atoms with Gasteiger partial charge in [0.2, 0.25) is 5.82 Å². The maximum Gasteiger partial charge on any atom is 0.304 e. The maximum atomic E-state index is 13.3. The van der Waals surface area contributed by atoms with Crippen molar-refractivity contribution in [3.63, 3.8) is 0 Å². The molecule has 0 bridgehead atoms. The van der Waals surface area contributed by atoms with E-state index in [0.717, 1.165) is 12.3 Å².